The normalized spacial score (nSPS) is 16.3. The summed E-state index contributed by atoms with van der Waals surface area (Å²) >= 11 is 0. The van der Waals surface area contributed by atoms with Gasteiger partial charge in [-0.3, -0.25) is 4.79 Å². The van der Waals surface area contributed by atoms with Crippen molar-refractivity contribution in [3.63, 3.8) is 0 Å². The number of nitrogens with zero attached hydrogens (tertiary/aromatic N) is 1. The number of amides is 1. The van der Waals surface area contributed by atoms with Crippen LogP contribution in [0.1, 0.15) is 26.2 Å². The molecular formula is C19H31ClN2O5S. The molecule has 2 N–H and O–H groups in total. The molecule has 1 aromatic rings. The molecule has 0 aliphatic carbocycles. The quantitative estimate of drug-likeness (QED) is 0.596. The van der Waals surface area contributed by atoms with Crippen molar-refractivity contribution in [2.75, 3.05) is 39.1 Å². The van der Waals surface area contributed by atoms with Gasteiger partial charge in [0.2, 0.25) is 5.91 Å². The van der Waals surface area contributed by atoms with Crippen molar-refractivity contribution in [1.82, 2.24) is 4.90 Å². The van der Waals surface area contributed by atoms with Crippen molar-refractivity contribution in [2.24, 2.45) is 11.7 Å². The molecule has 1 fully saturated rings. The molecule has 1 unspecified atom stereocenters. The third-order valence-electron chi connectivity index (χ3n) is 4.77. The fourth-order valence-corrected chi connectivity index (χ4v) is 4.71. The molecule has 0 radical (unpaired) electrons. The summed E-state index contributed by atoms with van der Waals surface area (Å²) in [6, 6.07) is 6.23. The van der Waals surface area contributed by atoms with Crippen LogP contribution >= 0.6 is 12.4 Å². The van der Waals surface area contributed by atoms with Crippen LogP contribution < -0.4 is 10.5 Å². The molecule has 28 heavy (non-hydrogen) atoms. The Morgan fingerprint density at radius 3 is 2.39 bits per heavy atom. The number of nitrogens with two attached hydrogens (primary N) is 1. The first-order valence-corrected chi connectivity index (χ1v) is 11.0. The molecule has 2 rings (SSSR count). The molecule has 0 bridgehead atoms. The topological polar surface area (TPSA) is 98.9 Å². The average molecular weight is 435 g/mol. The standard InChI is InChI=1S/C19H30N2O5S.ClH/c1-15(14-27(23,24)18-6-4-16(25-2)5-7-18)19(22)21-11-8-17(9-12-21)26-13-3-10-20;/h4-7,15,17H,3,8-14,20H2,1-2H3;1H. The summed E-state index contributed by atoms with van der Waals surface area (Å²) in [6.45, 7) is 4.12. The Kier molecular flexibility index (Phi) is 10.2. The van der Waals surface area contributed by atoms with E-state index < -0.39 is 15.8 Å². The van der Waals surface area contributed by atoms with Gasteiger partial charge in [-0.1, -0.05) is 6.92 Å². The van der Waals surface area contributed by atoms with Crippen molar-refractivity contribution in [1.29, 1.82) is 0 Å². The van der Waals surface area contributed by atoms with E-state index in [1.54, 1.807) is 24.0 Å². The largest absolute Gasteiger partial charge is 0.497 e. The first kappa shape index (κ1) is 24.7. The Balaban J connectivity index is 0.00000392. The predicted octanol–water partition coefficient (Wildman–Crippen LogP) is 1.88. The molecule has 160 valence electrons. The number of benzene rings is 1. The number of halogens is 1. The molecule has 1 saturated heterocycles. The monoisotopic (exact) mass is 434 g/mol. The molecule has 1 aliphatic rings. The highest BCUT2D eigenvalue weighted by atomic mass is 35.5. The van der Waals surface area contributed by atoms with Crippen molar-refractivity contribution >= 4 is 28.2 Å². The fourth-order valence-electron chi connectivity index (χ4n) is 3.17. The number of sulfone groups is 1. The number of carbonyl (C=O) groups excluding carboxylic acids is 1. The van der Waals surface area contributed by atoms with Crippen LogP contribution in [0.15, 0.2) is 29.2 Å². The van der Waals surface area contributed by atoms with Crippen molar-refractivity contribution in [2.45, 2.75) is 37.2 Å². The van der Waals surface area contributed by atoms with Crippen LogP contribution in [0.3, 0.4) is 0 Å². The highest BCUT2D eigenvalue weighted by molar-refractivity contribution is 7.91. The predicted molar refractivity (Wildman–Crippen MR) is 111 cm³/mol. The van der Waals surface area contributed by atoms with Gasteiger partial charge in [-0.2, -0.15) is 0 Å². The zero-order valence-electron chi connectivity index (χ0n) is 16.5. The van der Waals surface area contributed by atoms with Crippen LogP contribution in [0, 0.1) is 5.92 Å². The molecule has 1 heterocycles. The van der Waals surface area contributed by atoms with Crippen LogP contribution in [0.5, 0.6) is 5.75 Å². The van der Waals surface area contributed by atoms with E-state index in [1.165, 1.54) is 19.2 Å². The van der Waals surface area contributed by atoms with Gasteiger partial charge in [-0.05, 0) is 50.1 Å². The zero-order chi connectivity index (χ0) is 19.9. The van der Waals surface area contributed by atoms with E-state index in [2.05, 4.69) is 0 Å². The van der Waals surface area contributed by atoms with Gasteiger partial charge >= 0.3 is 0 Å². The lowest BCUT2D eigenvalue weighted by Gasteiger charge is -2.33. The molecule has 0 aromatic heterocycles. The zero-order valence-corrected chi connectivity index (χ0v) is 18.1. The molecule has 7 nitrogen and oxygen atoms in total. The first-order chi connectivity index (χ1) is 12.9. The number of ether oxygens (including phenoxy) is 2. The van der Waals surface area contributed by atoms with Crippen LogP contribution in [-0.4, -0.2) is 64.4 Å². The van der Waals surface area contributed by atoms with Gasteiger partial charge < -0.3 is 20.1 Å². The van der Waals surface area contributed by atoms with E-state index in [9.17, 15) is 13.2 Å². The van der Waals surface area contributed by atoms with Gasteiger partial charge in [0, 0.05) is 25.6 Å². The smallest absolute Gasteiger partial charge is 0.226 e. The highest BCUT2D eigenvalue weighted by Crippen LogP contribution is 2.21. The summed E-state index contributed by atoms with van der Waals surface area (Å²) in [7, 11) is -2.01. The minimum Gasteiger partial charge on any atom is -0.497 e. The summed E-state index contributed by atoms with van der Waals surface area (Å²) in [5.74, 6) is -0.320. The van der Waals surface area contributed by atoms with Crippen LogP contribution in [0.4, 0.5) is 0 Å². The molecular weight excluding hydrogens is 404 g/mol. The summed E-state index contributed by atoms with van der Waals surface area (Å²) in [4.78, 5) is 14.6. The second-order valence-electron chi connectivity index (χ2n) is 6.90. The average Bonchev–Trinajstić information content (AvgIpc) is 2.68. The fraction of sp³-hybridized carbons (Fsp3) is 0.632. The van der Waals surface area contributed by atoms with E-state index in [4.69, 9.17) is 15.2 Å². The van der Waals surface area contributed by atoms with Gasteiger partial charge in [-0.15, -0.1) is 12.4 Å². The number of rotatable bonds is 9. The van der Waals surface area contributed by atoms with Gasteiger partial charge in [0.05, 0.1) is 23.9 Å². The SMILES string of the molecule is COc1ccc(S(=O)(=O)CC(C)C(=O)N2CCC(OCCCN)CC2)cc1.Cl. The molecule has 0 spiro atoms. The van der Waals surface area contributed by atoms with Gasteiger partial charge in [0.15, 0.2) is 9.84 Å². The lowest BCUT2D eigenvalue weighted by Crippen LogP contribution is -2.44. The van der Waals surface area contributed by atoms with E-state index in [0.717, 1.165) is 19.3 Å². The summed E-state index contributed by atoms with van der Waals surface area (Å²) in [5.41, 5.74) is 5.46. The Hall–Kier alpha value is -1.35. The number of piperidine rings is 1. The minimum absolute atomic E-state index is 0. The lowest BCUT2D eigenvalue weighted by atomic mass is 10.1. The van der Waals surface area contributed by atoms with E-state index in [0.29, 0.717) is 32.0 Å². The molecule has 1 atom stereocenters. The molecule has 9 heteroatoms. The van der Waals surface area contributed by atoms with Gasteiger partial charge in [-0.25, -0.2) is 8.42 Å². The van der Waals surface area contributed by atoms with Crippen molar-refractivity contribution in [3.05, 3.63) is 24.3 Å². The summed E-state index contributed by atoms with van der Waals surface area (Å²) < 4.78 is 36.0. The Morgan fingerprint density at radius 1 is 1.25 bits per heavy atom. The summed E-state index contributed by atoms with van der Waals surface area (Å²) in [6.07, 6.45) is 2.53. The Morgan fingerprint density at radius 2 is 1.86 bits per heavy atom. The van der Waals surface area contributed by atoms with E-state index in [-0.39, 0.29) is 35.1 Å². The van der Waals surface area contributed by atoms with Gasteiger partial charge in [0.25, 0.3) is 0 Å². The first-order valence-electron chi connectivity index (χ1n) is 9.34. The molecule has 1 amide bonds. The molecule has 0 saturated carbocycles. The second-order valence-corrected chi connectivity index (χ2v) is 8.93. The number of likely N-dealkylation sites (tertiary alicyclic amines) is 1. The van der Waals surface area contributed by atoms with Crippen molar-refractivity contribution in [3.8, 4) is 5.75 Å². The molecule has 1 aromatic carbocycles. The number of hydrogen-bond donors (Lipinski definition) is 1. The minimum atomic E-state index is -3.53. The number of methoxy groups -OCH3 is 1. The van der Waals surface area contributed by atoms with Crippen LogP contribution in [-0.2, 0) is 19.4 Å². The third-order valence-corrected chi connectivity index (χ3v) is 6.69. The third kappa shape index (κ3) is 6.92. The Labute approximate surface area is 173 Å². The number of carbonyl (C=O) groups is 1. The molecule has 1 aliphatic heterocycles. The van der Waals surface area contributed by atoms with Crippen LogP contribution in [0.25, 0.3) is 0 Å². The highest BCUT2D eigenvalue weighted by Gasteiger charge is 2.29. The summed E-state index contributed by atoms with van der Waals surface area (Å²) in [5, 5.41) is 0. The van der Waals surface area contributed by atoms with E-state index in [1.807, 2.05) is 0 Å². The van der Waals surface area contributed by atoms with Crippen molar-refractivity contribution < 1.29 is 22.7 Å². The van der Waals surface area contributed by atoms with Gasteiger partial charge in [0.1, 0.15) is 5.75 Å². The second kappa shape index (κ2) is 11.6. The Bertz CT molecular complexity index is 704. The number of hydrogen-bond acceptors (Lipinski definition) is 6. The van der Waals surface area contributed by atoms with E-state index >= 15 is 0 Å². The van der Waals surface area contributed by atoms with Crippen LogP contribution in [0.2, 0.25) is 0 Å². The maximum absolute atomic E-state index is 12.7. The lowest BCUT2D eigenvalue weighted by molar-refractivity contribution is -0.137. The maximum atomic E-state index is 12.7. The maximum Gasteiger partial charge on any atom is 0.226 e.